The van der Waals surface area contributed by atoms with E-state index < -0.39 is 5.54 Å². The van der Waals surface area contributed by atoms with Crippen LogP contribution in [0.25, 0.3) is 0 Å². The fourth-order valence-corrected chi connectivity index (χ4v) is 4.62. The van der Waals surface area contributed by atoms with Crippen LogP contribution in [0.5, 0.6) is 0 Å². The summed E-state index contributed by atoms with van der Waals surface area (Å²) in [5.74, 6) is 1.61. The highest BCUT2D eigenvalue weighted by molar-refractivity contribution is 6.07. The van der Waals surface area contributed by atoms with Crippen LogP contribution in [0.15, 0.2) is 0 Å². The van der Waals surface area contributed by atoms with Gasteiger partial charge in [0.2, 0.25) is 0 Å². The summed E-state index contributed by atoms with van der Waals surface area (Å²) < 4.78 is 6.22. The van der Waals surface area contributed by atoms with Gasteiger partial charge < -0.3 is 10.1 Å². The van der Waals surface area contributed by atoms with Crippen molar-refractivity contribution in [1.82, 2.24) is 10.2 Å². The maximum absolute atomic E-state index is 12.9. The number of hydrogen-bond donors (Lipinski definition) is 2. The molecule has 3 rings (SSSR count). The Morgan fingerprint density at radius 2 is 1.83 bits per heavy atom. The summed E-state index contributed by atoms with van der Waals surface area (Å²) in [4.78, 5) is 14.3. The molecule has 0 aromatic rings. The summed E-state index contributed by atoms with van der Waals surface area (Å²) in [6, 6.07) is 0. The molecule has 0 spiro atoms. The maximum atomic E-state index is 12.9. The molecule has 5 nitrogen and oxygen atoms in total. The van der Waals surface area contributed by atoms with E-state index in [0.717, 1.165) is 25.2 Å². The van der Waals surface area contributed by atoms with Gasteiger partial charge in [-0.2, -0.15) is 0 Å². The van der Waals surface area contributed by atoms with Crippen molar-refractivity contribution >= 4 is 11.9 Å². The molecule has 0 aromatic carbocycles. The first kappa shape index (κ1) is 17.7. The first-order valence-electron chi connectivity index (χ1n) is 9.77. The summed E-state index contributed by atoms with van der Waals surface area (Å²) in [7, 11) is 1.70. The normalized spacial score (nSPS) is 35.3. The van der Waals surface area contributed by atoms with Gasteiger partial charge >= 0.3 is 0 Å². The third-order valence-corrected chi connectivity index (χ3v) is 6.30. The number of rotatable bonds is 5. The summed E-state index contributed by atoms with van der Waals surface area (Å²) in [5.41, 5.74) is -0.711. The van der Waals surface area contributed by atoms with Crippen molar-refractivity contribution < 1.29 is 9.53 Å². The van der Waals surface area contributed by atoms with Crippen molar-refractivity contribution in [3.05, 3.63) is 0 Å². The van der Waals surface area contributed by atoms with E-state index in [9.17, 15) is 4.79 Å². The third kappa shape index (κ3) is 3.76. The van der Waals surface area contributed by atoms with Gasteiger partial charge in [0.15, 0.2) is 5.96 Å². The quantitative estimate of drug-likeness (QED) is 0.810. The Labute approximate surface area is 146 Å². The molecule has 2 aliphatic carbocycles. The zero-order valence-corrected chi connectivity index (χ0v) is 15.3. The Morgan fingerprint density at radius 3 is 2.42 bits per heavy atom. The van der Waals surface area contributed by atoms with Crippen LogP contribution in [0.1, 0.15) is 71.1 Å². The van der Waals surface area contributed by atoms with Gasteiger partial charge in [0.25, 0.3) is 5.91 Å². The van der Waals surface area contributed by atoms with Gasteiger partial charge in [-0.15, -0.1) is 0 Å². The van der Waals surface area contributed by atoms with E-state index in [1.165, 1.54) is 49.8 Å². The van der Waals surface area contributed by atoms with Crippen LogP contribution in [0.2, 0.25) is 0 Å². The molecule has 136 valence electrons. The molecule has 1 amide bonds. The lowest BCUT2D eigenvalue weighted by Gasteiger charge is -2.35. The number of nitrogens with zero attached hydrogens (tertiary/aromatic N) is 1. The van der Waals surface area contributed by atoms with Crippen LogP contribution in [0.4, 0.5) is 0 Å². The molecule has 1 aliphatic heterocycles. The van der Waals surface area contributed by atoms with Gasteiger partial charge in [-0.05, 0) is 43.9 Å². The number of hydrogen-bond acceptors (Lipinski definition) is 3. The van der Waals surface area contributed by atoms with E-state index in [2.05, 4.69) is 12.2 Å². The van der Waals surface area contributed by atoms with Gasteiger partial charge in [0, 0.05) is 7.05 Å². The molecule has 2 saturated carbocycles. The minimum absolute atomic E-state index is 0.0160. The average molecular weight is 335 g/mol. The SMILES string of the molecule is CN1C(=N)NC(CO[C@H]2CC[C@H](C)CC2)(CC2CCCCC2)C1=O. The first-order chi connectivity index (χ1) is 11.5. The van der Waals surface area contributed by atoms with Gasteiger partial charge in [-0.1, -0.05) is 39.0 Å². The van der Waals surface area contributed by atoms with Crippen LogP contribution < -0.4 is 5.32 Å². The number of carbonyl (C=O) groups excluding carboxylic acids is 1. The summed E-state index contributed by atoms with van der Waals surface area (Å²) in [6.45, 7) is 2.72. The van der Waals surface area contributed by atoms with E-state index in [0.29, 0.717) is 12.5 Å². The Hall–Kier alpha value is -1.10. The lowest BCUT2D eigenvalue weighted by atomic mass is 9.79. The molecule has 24 heavy (non-hydrogen) atoms. The van der Waals surface area contributed by atoms with Gasteiger partial charge in [-0.25, -0.2) is 0 Å². The predicted molar refractivity (Wildman–Crippen MR) is 94.9 cm³/mol. The highest BCUT2D eigenvalue weighted by Crippen LogP contribution is 2.34. The standard InChI is InChI=1S/C19H33N3O2/c1-14-8-10-16(11-9-14)24-13-19(12-15-6-4-3-5-7-15)17(23)22(2)18(20)21-19/h14-16H,3-13H2,1-2H3,(H2,20,21)/t14-,16-,19?. The largest absolute Gasteiger partial charge is 0.375 e. The predicted octanol–water partition coefficient (Wildman–Crippen LogP) is 3.29. The molecule has 0 radical (unpaired) electrons. The number of carbonyl (C=O) groups is 1. The maximum Gasteiger partial charge on any atom is 0.257 e. The number of amides is 1. The monoisotopic (exact) mass is 335 g/mol. The van der Waals surface area contributed by atoms with Gasteiger partial charge in [-0.3, -0.25) is 15.1 Å². The number of nitrogens with one attached hydrogen (secondary N) is 2. The molecule has 1 saturated heterocycles. The minimum Gasteiger partial charge on any atom is -0.375 e. The molecular formula is C19H33N3O2. The summed E-state index contributed by atoms with van der Waals surface area (Å²) in [5, 5.41) is 11.2. The molecule has 5 heteroatoms. The Morgan fingerprint density at radius 1 is 1.17 bits per heavy atom. The lowest BCUT2D eigenvalue weighted by molar-refractivity contribution is -0.135. The van der Waals surface area contributed by atoms with Crippen molar-refractivity contribution in [3.8, 4) is 0 Å². The van der Waals surface area contributed by atoms with Crippen LogP contribution in [0, 0.1) is 17.2 Å². The second kappa shape index (κ2) is 7.42. The summed E-state index contributed by atoms with van der Waals surface area (Å²) >= 11 is 0. The number of likely N-dealkylation sites (N-methyl/N-ethyl adjacent to an activating group) is 1. The minimum atomic E-state index is -0.711. The van der Waals surface area contributed by atoms with Crippen LogP contribution >= 0.6 is 0 Å². The van der Waals surface area contributed by atoms with Crippen molar-refractivity contribution in [2.24, 2.45) is 11.8 Å². The van der Waals surface area contributed by atoms with Gasteiger partial charge in [0.1, 0.15) is 5.54 Å². The van der Waals surface area contributed by atoms with E-state index in [4.69, 9.17) is 10.1 Å². The molecule has 0 bridgehead atoms. The zero-order valence-electron chi connectivity index (χ0n) is 15.3. The second-order valence-electron chi connectivity index (χ2n) is 8.32. The Bertz CT molecular complexity index is 467. The first-order valence-corrected chi connectivity index (χ1v) is 9.77. The topological polar surface area (TPSA) is 65.4 Å². The molecule has 1 unspecified atom stereocenters. The molecule has 3 aliphatic rings. The molecule has 0 aromatic heterocycles. The van der Waals surface area contributed by atoms with Crippen molar-refractivity contribution in [2.75, 3.05) is 13.7 Å². The fourth-order valence-electron chi connectivity index (χ4n) is 4.62. The highest BCUT2D eigenvalue weighted by atomic mass is 16.5. The number of ether oxygens (including phenoxy) is 1. The van der Waals surface area contributed by atoms with Crippen molar-refractivity contribution in [2.45, 2.75) is 82.8 Å². The smallest absolute Gasteiger partial charge is 0.257 e. The molecule has 1 atom stereocenters. The Balaban J connectivity index is 1.65. The third-order valence-electron chi connectivity index (χ3n) is 6.30. The highest BCUT2D eigenvalue weighted by Gasteiger charge is 2.49. The molecular weight excluding hydrogens is 302 g/mol. The van der Waals surface area contributed by atoms with Crippen molar-refractivity contribution in [3.63, 3.8) is 0 Å². The molecule has 1 heterocycles. The van der Waals surface area contributed by atoms with Gasteiger partial charge in [0.05, 0.1) is 12.7 Å². The Kier molecular flexibility index (Phi) is 5.48. The van der Waals surface area contributed by atoms with E-state index in [-0.39, 0.29) is 18.0 Å². The van der Waals surface area contributed by atoms with Crippen LogP contribution in [0.3, 0.4) is 0 Å². The van der Waals surface area contributed by atoms with Crippen molar-refractivity contribution in [1.29, 1.82) is 5.41 Å². The number of guanidine groups is 1. The lowest BCUT2D eigenvalue weighted by Crippen LogP contribution is -2.53. The molecule has 2 N–H and O–H groups in total. The zero-order chi connectivity index (χ0) is 17.2. The van der Waals surface area contributed by atoms with Crippen LogP contribution in [-0.4, -0.2) is 42.1 Å². The van der Waals surface area contributed by atoms with E-state index >= 15 is 0 Å². The average Bonchev–Trinajstić information content (AvgIpc) is 2.80. The second-order valence-corrected chi connectivity index (χ2v) is 8.32. The summed E-state index contributed by atoms with van der Waals surface area (Å²) in [6.07, 6.45) is 12.0. The fraction of sp³-hybridized carbons (Fsp3) is 0.895. The van der Waals surface area contributed by atoms with E-state index in [1.54, 1.807) is 7.05 Å². The van der Waals surface area contributed by atoms with Crippen LogP contribution in [-0.2, 0) is 9.53 Å². The molecule has 3 fully saturated rings. The van der Waals surface area contributed by atoms with E-state index in [1.807, 2.05) is 0 Å².